The average Bonchev–Trinajstić information content (AvgIpc) is 2.81. The van der Waals surface area contributed by atoms with Gasteiger partial charge in [0.1, 0.15) is 0 Å². The van der Waals surface area contributed by atoms with Gasteiger partial charge in [0, 0.05) is 24.4 Å². The van der Waals surface area contributed by atoms with E-state index in [1.807, 2.05) is 24.4 Å². The van der Waals surface area contributed by atoms with Crippen LogP contribution in [0.15, 0.2) is 17.5 Å². The van der Waals surface area contributed by atoms with Crippen molar-refractivity contribution in [3.8, 4) is 0 Å². The number of thiophene rings is 1. The number of carboxylic acid groups (broad SMARTS) is 1. The van der Waals surface area contributed by atoms with E-state index >= 15 is 0 Å². The monoisotopic (exact) mass is 284 g/mol. The van der Waals surface area contributed by atoms with Gasteiger partial charge in [-0.25, -0.2) is 4.79 Å². The number of carboxylic acids is 1. The molecule has 5 nitrogen and oxygen atoms in total. The minimum atomic E-state index is -0.798. The smallest absolute Gasteiger partial charge is 0.317 e. The Morgan fingerprint density at radius 2 is 2.26 bits per heavy atom. The van der Waals surface area contributed by atoms with E-state index in [0.29, 0.717) is 19.4 Å². The molecule has 106 valence electrons. The number of hydrogen-bond donors (Lipinski definition) is 2. The summed E-state index contributed by atoms with van der Waals surface area (Å²) in [5, 5.41) is 13.4. The Balaban J connectivity index is 2.27. The van der Waals surface area contributed by atoms with Crippen LogP contribution in [0.4, 0.5) is 4.79 Å². The number of nitrogens with one attached hydrogen (secondary N) is 1. The zero-order chi connectivity index (χ0) is 14.3. The lowest BCUT2D eigenvalue weighted by Crippen LogP contribution is -2.41. The van der Waals surface area contributed by atoms with Crippen molar-refractivity contribution in [1.82, 2.24) is 10.2 Å². The van der Waals surface area contributed by atoms with E-state index in [9.17, 15) is 9.59 Å². The molecule has 1 aromatic rings. The summed E-state index contributed by atoms with van der Waals surface area (Å²) >= 11 is 1.62. The Kier molecular flexibility index (Phi) is 6.35. The van der Waals surface area contributed by atoms with E-state index in [1.54, 1.807) is 23.3 Å². The third kappa shape index (κ3) is 6.24. The van der Waals surface area contributed by atoms with Crippen molar-refractivity contribution < 1.29 is 14.7 Å². The molecule has 1 rings (SSSR count). The van der Waals surface area contributed by atoms with Crippen LogP contribution in [0.2, 0.25) is 0 Å². The molecule has 1 unspecified atom stereocenters. The number of hydrogen-bond acceptors (Lipinski definition) is 3. The number of carbonyl (C=O) groups is 2. The molecule has 0 saturated carbocycles. The van der Waals surface area contributed by atoms with Crippen LogP contribution < -0.4 is 5.32 Å². The third-order valence-electron chi connectivity index (χ3n) is 2.72. The second-order valence-electron chi connectivity index (χ2n) is 4.57. The molecule has 0 bridgehead atoms. The SMILES string of the molecule is CC(CCCC(=O)O)NC(=O)N(C)Cc1cccs1. The van der Waals surface area contributed by atoms with Gasteiger partial charge < -0.3 is 15.3 Å². The van der Waals surface area contributed by atoms with Crippen LogP contribution in [0.5, 0.6) is 0 Å². The van der Waals surface area contributed by atoms with Gasteiger partial charge in [-0.3, -0.25) is 4.79 Å². The van der Waals surface area contributed by atoms with E-state index < -0.39 is 5.97 Å². The molecule has 0 aliphatic heterocycles. The standard InChI is InChI=1S/C13H20N2O3S/c1-10(5-3-7-12(16)17)14-13(18)15(2)9-11-6-4-8-19-11/h4,6,8,10H,3,5,7,9H2,1-2H3,(H,14,18)(H,16,17). The Morgan fingerprint density at radius 3 is 2.84 bits per heavy atom. The van der Waals surface area contributed by atoms with Crippen molar-refractivity contribution >= 4 is 23.3 Å². The van der Waals surface area contributed by atoms with Crippen molar-refractivity contribution in [3.05, 3.63) is 22.4 Å². The zero-order valence-electron chi connectivity index (χ0n) is 11.3. The van der Waals surface area contributed by atoms with E-state index in [4.69, 9.17) is 5.11 Å². The van der Waals surface area contributed by atoms with Crippen molar-refractivity contribution in [2.24, 2.45) is 0 Å². The zero-order valence-corrected chi connectivity index (χ0v) is 12.1. The molecule has 0 aliphatic carbocycles. The number of rotatable bonds is 7. The van der Waals surface area contributed by atoms with Crippen molar-refractivity contribution in [2.45, 2.75) is 38.8 Å². The lowest BCUT2D eigenvalue weighted by Gasteiger charge is -2.20. The molecular weight excluding hydrogens is 264 g/mol. The second kappa shape index (κ2) is 7.78. The fourth-order valence-corrected chi connectivity index (χ4v) is 2.42. The van der Waals surface area contributed by atoms with Gasteiger partial charge >= 0.3 is 12.0 Å². The minimum absolute atomic E-state index is 0.0161. The molecule has 1 atom stereocenters. The summed E-state index contributed by atoms with van der Waals surface area (Å²) in [7, 11) is 1.75. The fraction of sp³-hybridized carbons (Fsp3) is 0.538. The maximum Gasteiger partial charge on any atom is 0.317 e. The molecule has 0 fully saturated rings. The largest absolute Gasteiger partial charge is 0.481 e. The molecule has 0 aromatic carbocycles. The van der Waals surface area contributed by atoms with Gasteiger partial charge in [-0.05, 0) is 31.2 Å². The highest BCUT2D eigenvalue weighted by atomic mass is 32.1. The molecule has 2 amide bonds. The van der Waals surface area contributed by atoms with Gasteiger partial charge in [-0.2, -0.15) is 0 Å². The third-order valence-corrected chi connectivity index (χ3v) is 3.58. The Bertz CT molecular complexity index is 406. The predicted octanol–water partition coefficient (Wildman–Crippen LogP) is 2.53. The van der Waals surface area contributed by atoms with Crippen molar-refractivity contribution in [3.63, 3.8) is 0 Å². The summed E-state index contributed by atoms with van der Waals surface area (Å²) in [6.07, 6.45) is 1.39. The summed E-state index contributed by atoms with van der Waals surface area (Å²) in [5.41, 5.74) is 0. The quantitative estimate of drug-likeness (QED) is 0.808. The van der Waals surface area contributed by atoms with E-state index in [-0.39, 0.29) is 18.5 Å². The topological polar surface area (TPSA) is 69.6 Å². The van der Waals surface area contributed by atoms with Gasteiger partial charge in [-0.1, -0.05) is 6.07 Å². The molecule has 0 aliphatic rings. The van der Waals surface area contributed by atoms with Gasteiger partial charge in [-0.15, -0.1) is 11.3 Å². The van der Waals surface area contributed by atoms with Crippen LogP contribution in [0.25, 0.3) is 0 Å². The minimum Gasteiger partial charge on any atom is -0.481 e. The first-order valence-corrected chi connectivity index (χ1v) is 7.13. The van der Waals surface area contributed by atoms with Crippen LogP contribution >= 0.6 is 11.3 Å². The highest BCUT2D eigenvalue weighted by Gasteiger charge is 2.12. The van der Waals surface area contributed by atoms with Gasteiger partial charge in [0.15, 0.2) is 0 Å². The normalized spacial score (nSPS) is 11.9. The van der Waals surface area contributed by atoms with Crippen LogP contribution in [-0.4, -0.2) is 35.1 Å². The average molecular weight is 284 g/mol. The summed E-state index contributed by atoms with van der Waals surface area (Å²) in [4.78, 5) is 25.0. The van der Waals surface area contributed by atoms with Gasteiger partial charge in [0.05, 0.1) is 6.54 Å². The van der Waals surface area contributed by atoms with Crippen molar-refractivity contribution in [2.75, 3.05) is 7.05 Å². The first-order valence-electron chi connectivity index (χ1n) is 6.25. The Morgan fingerprint density at radius 1 is 1.53 bits per heavy atom. The molecule has 2 N–H and O–H groups in total. The lowest BCUT2D eigenvalue weighted by atomic mass is 10.1. The van der Waals surface area contributed by atoms with Crippen LogP contribution in [0.3, 0.4) is 0 Å². The molecule has 0 radical (unpaired) electrons. The number of aliphatic carboxylic acids is 1. The summed E-state index contributed by atoms with van der Waals surface area (Å²) in [6.45, 7) is 2.48. The molecule has 6 heteroatoms. The molecule has 0 spiro atoms. The molecule has 0 saturated heterocycles. The number of amides is 2. The predicted molar refractivity (Wildman–Crippen MR) is 75.3 cm³/mol. The van der Waals surface area contributed by atoms with Gasteiger partial charge in [0.25, 0.3) is 0 Å². The van der Waals surface area contributed by atoms with Crippen LogP contribution in [-0.2, 0) is 11.3 Å². The van der Waals surface area contributed by atoms with Crippen molar-refractivity contribution in [1.29, 1.82) is 0 Å². The van der Waals surface area contributed by atoms with E-state index in [2.05, 4.69) is 5.32 Å². The first kappa shape index (κ1) is 15.5. The molecular formula is C13H20N2O3S. The highest BCUT2D eigenvalue weighted by Crippen LogP contribution is 2.11. The Hall–Kier alpha value is -1.56. The maximum atomic E-state index is 11.9. The molecule has 1 aromatic heterocycles. The fourth-order valence-electron chi connectivity index (χ4n) is 1.66. The number of nitrogens with zero attached hydrogens (tertiary/aromatic N) is 1. The second-order valence-corrected chi connectivity index (χ2v) is 5.60. The summed E-state index contributed by atoms with van der Waals surface area (Å²) in [6, 6.07) is 3.80. The highest BCUT2D eigenvalue weighted by molar-refractivity contribution is 7.09. The first-order chi connectivity index (χ1) is 8.99. The summed E-state index contributed by atoms with van der Waals surface area (Å²) < 4.78 is 0. The van der Waals surface area contributed by atoms with Gasteiger partial charge in [0.2, 0.25) is 0 Å². The number of urea groups is 1. The number of carbonyl (C=O) groups excluding carboxylic acids is 1. The van der Waals surface area contributed by atoms with E-state index in [0.717, 1.165) is 4.88 Å². The Labute approximate surface area is 117 Å². The van der Waals surface area contributed by atoms with Crippen LogP contribution in [0.1, 0.15) is 31.1 Å². The maximum absolute atomic E-state index is 11.9. The van der Waals surface area contributed by atoms with E-state index in [1.165, 1.54) is 0 Å². The molecule has 19 heavy (non-hydrogen) atoms. The molecule has 1 heterocycles. The summed E-state index contributed by atoms with van der Waals surface area (Å²) in [5.74, 6) is -0.798. The van der Waals surface area contributed by atoms with Crippen LogP contribution in [0, 0.1) is 0 Å². The lowest BCUT2D eigenvalue weighted by molar-refractivity contribution is -0.137.